The average molecular weight is 375 g/mol. The molecule has 0 saturated heterocycles. The van der Waals surface area contributed by atoms with Crippen LogP contribution in [0.15, 0.2) is 49.2 Å². The lowest BCUT2D eigenvalue weighted by atomic mass is 10.1. The number of nitrogens with one attached hydrogen (secondary N) is 1. The van der Waals surface area contributed by atoms with Gasteiger partial charge in [0.2, 0.25) is 0 Å². The molecule has 0 aliphatic heterocycles. The first-order chi connectivity index (χ1) is 13.5. The maximum absolute atomic E-state index is 12.5. The van der Waals surface area contributed by atoms with Crippen molar-refractivity contribution in [3.8, 4) is 11.3 Å². The van der Waals surface area contributed by atoms with Gasteiger partial charge in [-0.15, -0.1) is 10.2 Å². The molecule has 142 valence electrons. The Kier molecular flexibility index (Phi) is 4.60. The molecule has 1 amide bonds. The molecule has 4 rings (SSSR count). The summed E-state index contributed by atoms with van der Waals surface area (Å²) in [5.74, 6) is 0.596. The minimum absolute atomic E-state index is 0.258. The van der Waals surface area contributed by atoms with Gasteiger partial charge >= 0.3 is 0 Å². The van der Waals surface area contributed by atoms with Gasteiger partial charge in [-0.05, 0) is 24.1 Å². The minimum Gasteiger partial charge on any atom is -0.334 e. The number of carbonyl (C=O) groups is 1. The third-order valence-corrected chi connectivity index (χ3v) is 4.39. The van der Waals surface area contributed by atoms with Crippen molar-refractivity contribution in [2.75, 3.05) is 5.32 Å². The monoisotopic (exact) mass is 375 g/mol. The number of rotatable bonds is 5. The van der Waals surface area contributed by atoms with Gasteiger partial charge in [0.15, 0.2) is 5.82 Å². The first-order valence-electron chi connectivity index (χ1n) is 9.07. The highest BCUT2D eigenvalue weighted by molar-refractivity contribution is 6.04. The maximum atomic E-state index is 12.5. The van der Waals surface area contributed by atoms with Crippen LogP contribution in [0.2, 0.25) is 0 Å². The molecule has 0 saturated carbocycles. The standard InChI is InChI=1S/C20H21N7O/c1-13(2)10-27-11-16(8-22-27)20(28)23-19-7-15-6-14(4-5-17(15)24-25-19)18-9-21-12-26(18)3/h4-9,11-13H,10H2,1-3H3,(H,23,25,28). The second-order valence-electron chi connectivity index (χ2n) is 7.19. The van der Waals surface area contributed by atoms with Crippen molar-refractivity contribution in [3.63, 3.8) is 0 Å². The molecule has 0 atom stereocenters. The van der Waals surface area contributed by atoms with Gasteiger partial charge in [-0.1, -0.05) is 19.9 Å². The van der Waals surface area contributed by atoms with Gasteiger partial charge in [-0.25, -0.2) is 4.98 Å². The predicted octanol–water partition coefficient (Wildman–Crippen LogP) is 3.14. The lowest BCUT2D eigenvalue weighted by molar-refractivity contribution is 0.102. The quantitative estimate of drug-likeness (QED) is 0.579. The van der Waals surface area contributed by atoms with Gasteiger partial charge in [0.25, 0.3) is 5.91 Å². The molecule has 8 nitrogen and oxygen atoms in total. The van der Waals surface area contributed by atoms with Gasteiger partial charge in [0.1, 0.15) is 0 Å². The van der Waals surface area contributed by atoms with Gasteiger partial charge < -0.3 is 9.88 Å². The van der Waals surface area contributed by atoms with Crippen molar-refractivity contribution < 1.29 is 4.79 Å². The van der Waals surface area contributed by atoms with Crippen LogP contribution < -0.4 is 5.32 Å². The molecule has 0 radical (unpaired) electrons. The van der Waals surface area contributed by atoms with Gasteiger partial charge in [0, 0.05) is 30.7 Å². The molecule has 3 aromatic heterocycles. The van der Waals surface area contributed by atoms with Crippen LogP contribution in [0, 0.1) is 5.92 Å². The average Bonchev–Trinajstić information content (AvgIpc) is 3.29. The molecule has 28 heavy (non-hydrogen) atoms. The number of hydrogen-bond donors (Lipinski definition) is 1. The molecule has 0 fully saturated rings. The molecule has 0 aliphatic carbocycles. The summed E-state index contributed by atoms with van der Waals surface area (Å²) in [6, 6.07) is 7.72. The van der Waals surface area contributed by atoms with E-state index in [1.54, 1.807) is 23.4 Å². The number of aryl methyl sites for hydroxylation is 1. The van der Waals surface area contributed by atoms with E-state index in [0.29, 0.717) is 17.3 Å². The van der Waals surface area contributed by atoms with Crippen LogP contribution in [0.1, 0.15) is 24.2 Å². The molecule has 0 spiro atoms. The zero-order valence-electron chi connectivity index (χ0n) is 16.0. The number of imidazole rings is 1. The van der Waals surface area contributed by atoms with Crippen molar-refractivity contribution in [1.29, 1.82) is 0 Å². The van der Waals surface area contributed by atoms with Crippen molar-refractivity contribution in [2.24, 2.45) is 13.0 Å². The molecular weight excluding hydrogens is 354 g/mol. The zero-order valence-corrected chi connectivity index (χ0v) is 16.0. The van der Waals surface area contributed by atoms with Crippen LogP contribution in [-0.4, -0.2) is 35.4 Å². The SMILES string of the molecule is CC(C)Cn1cc(C(=O)Nc2cc3cc(-c4cncn4C)ccc3nn2)cn1. The number of fused-ring (bicyclic) bond motifs is 1. The molecule has 4 aromatic rings. The number of anilines is 1. The largest absolute Gasteiger partial charge is 0.334 e. The summed E-state index contributed by atoms with van der Waals surface area (Å²) in [4.78, 5) is 16.7. The number of benzene rings is 1. The molecule has 0 bridgehead atoms. The molecule has 8 heteroatoms. The van der Waals surface area contributed by atoms with Gasteiger partial charge in [-0.2, -0.15) is 5.10 Å². The molecule has 3 heterocycles. The predicted molar refractivity (Wildman–Crippen MR) is 107 cm³/mol. The summed E-state index contributed by atoms with van der Waals surface area (Å²) >= 11 is 0. The van der Waals surface area contributed by atoms with Crippen LogP contribution in [0.25, 0.3) is 22.2 Å². The van der Waals surface area contributed by atoms with E-state index in [9.17, 15) is 4.79 Å². The summed E-state index contributed by atoms with van der Waals surface area (Å²) in [5, 5.41) is 16.2. The van der Waals surface area contributed by atoms with Crippen molar-refractivity contribution in [2.45, 2.75) is 20.4 Å². The summed E-state index contributed by atoms with van der Waals surface area (Å²) in [7, 11) is 1.95. The fourth-order valence-electron chi connectivity index (χ4n) is 3.04. The Morgan fingerprint density at radius 3 is 2.79 bits per heavy atom. The number of carbonyl (C=O) groups excluding carboxylic acids is 1. The van der Waals surface area contributed by atoms with E-state index in [-0.39, 0.29) is 5.91 Å². The molecular formula is C20H21N7O. The number of hydrogen-bond acceptors (Lipinski definition) is 5. The van der Waals surface area contributed by atoms with Gasteiger partial charge in [-0.3, -0.25) is 9.48 Å². The fraction of sp³-hybridized carbons (Fsp3) is 0.250. The lowest BCUT2D eigenvalue weighted by Gasteiger charge is -2.06. The zero-order chi connectivity index (χ0) is 19.7. The number of aromatic nitrogens is 6. The summed E-state index contributed by atoms with van der Waals surface area (Å²) in [6.45, 7) is 4.97. The van der Waals surface area contributed by atoms with Crippen LogP contribution in [0.4, 0.5) is 5.82 Å². The Hall–Kier alpha value is -3.55. The van der Waals surface area contributed by atoms with E-state index in [0.717, 1.165) is 28.7 Å². The third kappa shape index (κ3) is 3.62. The summed E-state index contributed by atoms with van der Waals surface area (Å²) < 4.78 is 3.72. The molecule has 0 aliphatic rings. The van der Waals surface area contributed by atoms with E-state index in [1.165, 1.54) is 0 Å². The first-order valence-corrected chi connectivity index (χ1v) is 9.07. The Morgan fingerprint density at radius 1 is 1.18 bits per heavy atom. The van der Waals surface area contributed by atoms with Crippen molar-refractivity contribution >= 4 is 22.6 Å². The van der Waals surface area contributed by atoms with Crippen LogP contribution >= 0.6 is 0 Å². The van der Waals surface area contributed by atoms with Crippen LogP contribution in [0.5, 0.6) is 0 Å². The number of nitrogens with zero attached hydrogens (tertiary/aromatic N) is 6. The highest BCUT2D eigenvalue weighted by Crippen LogP contribution is 2.24. The van der Waals surface area contributed by atoms with Crippen LogP contribution in [-0.2, 0) is 13.6 Å². The fourth-order valence-corrected chi connectivity index (χ4v) is 3.04. The Balaban J connectivity index is 1.57. The third-order valence-electron chi connectivity index (χ3n) is 4.39. The Labute approximate surface area is 162 Å². The lowest BCUT2D eigenvalue weighted by Crippen LogP contribution is -2.13. The summed E-state index contributed by atoms with van der Waals surface area (Å²) in [5.41, 5.74) is 3.27. The molecule has 1 N–H and O–H groups in total. The van der Waals surface area contributed by atoms with Crippen molar-refractivity contribution in [3.05, 3.63) is 54.7 Å². The maximum Gasteiger partial charge on any atom is 0.260 e. The Bertz CT molecular complexity index is 1140. The second-order valence-corrected chi connectivity index (χ2v) is 7.19. The van der Waals surface area contributed by atoms with E-state index < -0.39 is 0 Å². The first kappa shape index (κ1) is 17.8. The normalized spacial score (nSPS) is 11.3. The number of amides is 1. The van der Waals surface area contributed by atoms with E-state index in [2.05, 4.69) is 39.4 Å². The molecule has 1 aromatic carbocycles. The molecule has 0 unspecified atom stereocenters. The second kappa shape index (κ2) is 7.22. The van der Waals surface area contributed by atoms with E-state index >= 15 is 0 Å². The smallest absolute Gasteiger partial charge is 0.260 e. The highest BCUT2D eigenvalue weighted by Gasteiger charge is 2.12. The van der Waals surface area contributed by atoms with Gasteiger partial charge in [0.05, 0.1) is 35.5 Å². The van der Waals surface area contributed by atoms with E-state index in [1.807, 2.05) is 42.1 Å². The summed E-state index contributed by atoms with van der Waals surface area (Å²) in [6.07, 6.45) is 6.87. The topological polar surface area (TPSA) is 90.5 Å². The van der Waals surface area contributed by atoms with Crippen molar-refractivity contribution in [1.82, 2.24) is 29.5 Å². The Morgan fingerprint density at radius 2 is 2.04 bits per heavy atom. The van der Waals surface area contributed by atoms with Crippen LogP contribution in [0.3, 0.4) is 0 Å². The highest BCUT2D eigenvalue weighted by atomic mass is 16.1. The minimum atomic E-state index is -0.258. The van der Waals surface area contributed by atoms with E-state index in [4.69, 9.17) is 0 Å².